The van der Waals surface area contributed by atoms with Gasteiger partial charge in [0.1, 0.15) is 5.75 Å². The van der Waals surface area contributed by atoms with Crippen LogP contribution in [0.1, 0.15) is 5.56 Å². The van der Waals surface area contributed by atoms with Crippen molar-refractivity contribution in [3.8, 4) is 17.2 Å². The molecule has 1 N–H and O–H groups in total. The first kappa shape index (κ1) is 14.8. The molecule has 2 rings (SSSR count). The minimum Gasteiger partial charge on any atom is -0.490 e. The first-order chi connectivity index (χ1) is 10.2. The Morgan fingerprint density at radius 2 is 1.81 bits per heavy atom. The molecule has 0 aliphatic heterocycles. The van der Waals surface area contributed by atoms with Gasteiger partial charge in [-0.1, -0.05) is 18.2 Å². The second kappa shape index (κ2) is 6.71. The second-order valence-corrected chi connectivity index (χ2v) is 4.28. The van der Waals surface area contributed by atoms with E-state index < -0.39 is 4.92 Å². The third-order valence-corrected chi connectivity index (χ3v) is 2.92. The lowest BCUT2D eigenvalue weighted by atomic mass is 10.1. The van der Waals surface area contributed by atoms with Crippen LogP contribution in [0.15, 0.2) is 42.5 Å². The number of hydrogen-bond acceptors (Lipinski definition) is 5. The molecule has 21 heavy (non-hydrogen) atoms. The molecule has 0 aromatic heterocycles. The number of nitro groups is 1. The minimum absolute atomic E-state index is 0.0710. The van der Waals surface area contributed by atoms with Gasteiger partial charge in [0.25, 0.3) is 0 Å². The molecule has 0 atom stereocenters. The maximum absolute atomic E-state index is 11.1. The predicted molar refractivity (Wildman–Crippen MR) is 77.0 cm³/mol. The smallest absolute Gasteiger partial charge is 0.352 e. The summed E-state index contributed by atoms with van der Waals surface area (Å²) in [5, 5.41) is 20.0. The molecule has 2 aromatic carbocycles. The highest BCUT2D eigenvalue weighted by Crippen LogP contribution is 2.38. The number of aliphatic hydroxyl groups is 1. The summed E-state index contributed by atoms with van der Waals surface area (Å²) in [6.45, 7) is 0.0710. The molecule has 6 heteroatoms. The van der Waals surface area contributed by atoms with E-state index in [1.807, 2.05) is 0 Å². The molecule has 0 fully saturated rings. The number of para-hydroxylation sites is 1. The van der Waals surface area contributed by atoms with E-state index in [1.165, 1.54) is 19.2 Å². The van der Waals surface area contributed by atoms with E-state index in [9.17, 15) is 10.1 Å². The zero-order chi connectivity index (χ0) is 15.2. The molecule has 0 bridgehead atoms. The highest BCUT2D eigenvalue weighted by molar-refractivity contribution is 5.58. The van der Waals surface area contributed by atoms with Crippen LogP contribution >= 0.6 is 0 Å². The average Bonchev–Trinajstić information content (AvgIpc) is 2.49. The molecule has 0 aliphatic carbocycles. The lowest BCUT2D eigenvalue weighted by Gasteiger charge is -2.09. The molecule has 110 valence electrons. The summed E-state index contributed by atoms with van der Waals surface area (Å²) in [5.74, 6) is 0.747. The molecule has 2 aromatic rings. The largest absolute Gasteiger partial charge is 0.490 e. The molecule has 0 saturated heterocycles. The number of ether oxygens (including phenoxy) is 2. The number of nitrogens with zero attached hydrogens (tertiary/aromatic N) is 1. The molecule has 0 aliphatic rings. The van der Waals surface area contributed by atoms with Crippen LogP contribution < -0.4 is 9.47 Å². The fraction of sp³-hybridized carbons (Fsp3) is 0.200. The van der Waals surface area contributed by atoms with Crippen LogP contribution in [0.25, 0.3) is 0 Å². The van der Waals surface area contributed by atoms with Crippen LogP contribution in [0.5, 0.6) is 17.2 Å². The van der Waals surface area contributed by atoms with Crippen LogP contribution in [-0.2, 0) is 6.42 Å². The monoisotopic (exact) mass is 289 g/mol. The van der Waals surface area contributed by atoms with Gasteiger partial charge in [0.2, 0.25) is 11.5 Å². The molecule has 6 nitrogen and oxygen atoms in total. The maximum atomic E-state index is 11.1. The van der Waals surface area contributed by atoms with Crippen molar-refractivity contribution < 1.29 is 19.5 Å². The normalized spacial score (nSPS) is 10.2. The highest BCUT2D eigenvalue weighted by atomic mass is 16.6. The van der Waals surface area contributed by atoms with E-state index >= 15 is 0 Å². The molecular weight excluding hydrogens is 274 g/mol. The number of methoxy groups -OCH3 is 1. The summed E-state index contributed by atoms with van der Waals surface area (Å²) in [5.41, 5.74) is 0.754. The zero-order valence-electron chi connectivity index (χ0n) is 11.5. The topological polar surface area (TPSA) is 81.8 Å². The summed E-state index contributed by atoms with van der Waals surface area (Å²) in [4.78, 5) is 10.6. The van der Waals surface area contributed by atoms with Gasteiger partial charge in [-0.25, -0.2) is 0 Å². The molecular formula is C15H15NO5. The van der Waals surface area contributed by atoms with Crippen LogP contribution in [0, 0.1) is 10.1 Å². The van der Waals surface area contributed by atoms with Crippen LogP contribution in [0.2, 0.25) is 0 Å². The average molecular weight is 289 g/mol. The molecule has 0 spiro atoms. The van der Waals surface area contributed by atoms with Gasteiger partial charge in [-0.15, -0.1) is 0 Å². The number of nitro benzene ring substituents is 1. The fourth-order valence-electron chi connectivity index (χ4n) is 1.91. The van der Waals surface area contributed by atoms with Crippen molar-refractivity contribution in [2.75, 3.05) is 13.7 Å². The quantitative estimate of drug-likeness (QED) is 0.653. The van der Waals surface area contributed by atoms with Crippen molar-refractivity contribution in [1.82, 2.24) is 0 Å². The maximum Gasteiger partial charge on any atom is 0.352 e. The van der Waals surface area contributed by atoms with Gasteiger partial charge in [-0.3, -0.25) is 10.1 Å². The third kappa shape index (κ3) is 3.49. The Balaban J connectivity index is 2.28. The first-order valence-corrected chi connectivity index (χ1v) is 6.34. The molecule has 0 heterocycles. The molecule has 0 radical (unpaired) electrons. The lowest BCUT2D eigenvalue weighted by Crippen LogP contribution is -1.97. The van der Waals surface area contributed by atoms with Gasteiger partial charge in [0, 0.05) is 6.61 Å². The zero-order valence-corrected chi connectivity index (χ0v) is 11.5. The SMILES string of the molecule is COc1cccc(Oc2ccc(CCO)cc2)c1[N+](=O)[O-]. The van der Waals surface area contributed by atoms with Crippen molar-refractivity contribution in [2.24, 2.45) is 0 Å². The summed E-state index contributed by atoms with van der Waals surface area (Å²) in [6.07, 6.45) is 0.555. The number of hydrogen-bond donors (Lipinski definition) is 1. The third-order valence-electron chi connectivity index (χ3n) is 2.92. The first-order valence-electron chi connectivity index (χ1n) is 6.34. The molecule has 0 saturated carbocycles. The van der Waals surface area contributed by atoms with E-state index in [4.69, 9.17) is 14.6 Å². The van der Waals surface area contributed by atoms with Gasteiger partial charge < -0.3 is 14.6 Å². The Morgan fingerprint density at radius 1 is 1.14 bits per heavy atom. The minimum atomic E-state index is -0.533. The second-order valence-electron chi connectivity index (χ2n) is 4.28. The van der Waals surface area contributed by atoms with Gasteiger partial charge in [0.05, 0.1) is 12.0 Å². The van der Waals surface area contributed by atoms with Crippen molar-refractivity contribution in [1.29, 1.82) is 0 Å². The van der Waals surface area contributed by atoms with E-state index in [0.717, 1.165) is 5.56 Å². The Morgan fingerprint density at radius 3 is 2.38 bits per heavy atom. The summed E-state index contributed by atoms with van der Waals surface area (Å²) in [7, 11) is 1.37. The van der Waals surface area contributed by atoms with E-state index in [-0.39, 0.29) is 23.8 Å². The summed E-state index contributed by atoms with van der Waals surface area (Å²) < 4.78 is 10.5. The van der Waals surface area contributed by atoms with Gasteiger partial charge in [0.15, 0.2) is 0 Å². The van der Waals surface area contributed by atoms with E-state index in [0.29, 0.717) is 12.2 Å². The van der Waals surface area contributed by atoms with Crippen molar-refractivity contribution in [3.05, 3.63) is 58.1 Å². The lowest BCUT2D eigenvalue weighted by molar-refractivity contribution is -0.386. The highest BCUT2D eigenvalue weighted by Gasteiger charge is 2.22. The number of benzene rings is 2. The standard InChI is InChI=1S/C15H15NO5/c1-20-13-3-2-4-14(15(13)16(18)19)21-12-7-5-11(6-8-12)9-10-17/h2-8,17H,9-10H2,1H3. The number of aliphatic hydroxyl groups excluding tert-OH is 1. The Kier molecular flexibility index (Phi) is 4.73. The fourth-order valence-corrected chi connectivity index (χ4v) is 1.91. The van der Waals surface area contributed by atoms with Crippen LogP contribution in [0.4, 0.5) is 5.69 Å². The van der Waals surface area contributed by atoms with E-state index in [2.05, 4.69) is 0 Å². The van der Waals surface area contributed by atoms with E-state index in [1.54, 1.807) is 30.3 Å². The number of rotatable bonds is 6. The predicted octanol–water partition coefficient (Wildman–Crippen LogP) is 2.93. The molecule has 0 unspecified atom stereocenters. The van der Waals surface area contributed by atoms with Crippen molar-refractivity contribution in [2.45, 2.75) is 6.42 Å². The van der Waals surface area contributed by atoms with Crippen molar-refractivity contribution in [3.63, 3.8) is 0 Å². The van der Waals surface area contributed by atoms with Gasteiger partial charge in [-0.2, -0.15) is 0 Å². The molecule has 0 amide bonds. The summed E-state index contributed by atoms with van der Waals surface area (Å²) >= 11 is 0. The van der Waals surface area contributed by atoms with Crippen molar-refractivity contribution >= 4 is 5.69 Å². The van der Waals surface area contributed by atoms with Gasteiger partial charge in [-0.05, 0) is 36.2 Å². The Labute approximate surface area is 121 Å². The van der Waals surface area contributed by atoms with Gasteiger partial charge >= 0.3 is 5.69 Å². The summed E-state index contributed by atoms with van der Waals surface area (Å²) in [6, 6.07) is 11.7. The Bertz CT molecular complexity index is 624. The van der Waals surface area contributed by atoms with Crippen LogP contribution in [0.3, 0.4) is 0 Å². The Hall–Kier alpha value is -2.60. The van der Waals surface area contributed by atoms with Crippen LogP contribution in [-0.4, -0.2) is 23.7 Å².